The van der Waals surface area contributed by atoms with Crippen LogP contribution in [0.2, 0.25) is 0 Å². The molecule has 1 saturated heterocycles. The minimum absolute atomic E-state index is 0.0260. The first-order chi connectivity index (χ1) is 11.8. The smallest absolute Gasteiger partial charge is 0.178 e. The van der Waals surface area contributed by atoms with Crippen LogP contribution in [-0.2, 0) is 19.4 Å². The minimum Gasteiger partial charge on any atom is -0.374 e. The van der Waals surface area contributed by atoms with Crippen LogP contribution in [-0.4, -0.2) is 32.7 Å². The molecular formula is C20H30O4S. The summed E-state index contributed by atoms with van der Waals surface area (Å²) in [6.07, 6.45) is 2.80. The summed E-state index contributed by atoms with van der Waals surface area (Å²) in [6.45, 7) is 8.32. The van der Waals surface area contributed by atoms with Crippen molar-refractivity contribution >= 4 is 16.1 Å². The molecule has 1 fully saturated rings. The summed E-state index contributed by atoms with van der Waals surface area (Å²) in [5.74, 6) is 0.536. The van der Waals surface area contributed by atoms with Crippen LogP contribution < -0.4 is 0 Å². The number of carbonyl (C=O) groups excluding carboxylic acids is 1. The molecule has 2 rings (SSSR count). The van der Waals surface area contributed by atoms with Crippen molar-refractivity contribution in [2.45, 2.75) is 64.1 Å². The molecule has 25 heavy (non-hydrogen) atoms. The molecule has 4 nitrogen and oxygen atoms in total. The second-order valence-electron chi connectivity index (χ2n) is 7.48. The lowest BCUT2D eigenvalue weighted by atomic mass is 9.85. The van der Waals surface area contributed by atoms with E-state index in [1.807, 2.05) is 19.1 Å². The first-order valence-electron chi connectivity index (χ1n) is 9.17. The van der Waals surface area contributed by atoms with E-state index in [0.717, 1.165) is 24.7 Å². The molecule has 0 aliphatic carbocycles. The topological polar surface area (TPSA) is 60.4 Å². The summed E-state index contributed by atoms with van der Waals surface area (Å²) < 4.78 is 31.8. The van der Waals surface area contributed by atoms with Gasteiger partial charge in [0.05, 0.1) is 22.9 Å². The molecule has 0 aromatic heterocycles. The van der Waals surface area contributed by atoms with Gasteiger partial charge in [-0.2, -0.15) is 0 Å². The number of sulfone groups is 1. The number of carbonyl (C=O) groups is 1. The van der Waals surface area contributed by atoms with Crippen molar-refractivity contribution in [2.75, 3.05) is 5.75 Å². The van der Waals surface area contributed by atoms with Crippen molar-refractivity contribution in [3.05, 3.63) is 29.8 Å². The molecule has 0 saturated carbocycles. The van der Waals surface area contributed by atoms with Crippen LogP contribution in [0.1, 0.15) is 45.6 Å². The number of aldehydes is 1. The third kappa shape index (κ3) is 4.91. The fraction of sp³-hybridized carbons (Fsp3) is 0.650. The quantitative estimate of drug-likeness (QED) is 0.656. The molecule has 0 radical (unpaired) electrons. The molecular weight excluding hydrogens is 336 g/mol. The number of rotatable bonds is 8. The molecule has 1 aliphatic rings. The van der Waals surface area contributed by atoms with E-state index in [1.165, 1.54) is 0 Å². The summed E-state index contributed by atoms with van der Waals surface area (Å²) in [4.78, 5) is 11.4. The van der Waals surface area contributed by atoms with E-state index >= 15 is 0 Å². The zero-order chi connectivity index (χ0) is 18.6. The Morgan fingerprint density at radius 1 is 1.20 bits per heavy atom. The zero-order valence-electron chi connectivity index (χ0n) is 15.6. The first-order valence-corrected chi connectivity index (χ1v) is 10.8. The van der Waals surface area contributed by atoms with Crippen molar-refractivity contribution in [1.82, 2.24) is 0 Å². The van der Waals surface area contributed by atoms with E-state index in [2.05, 4.69) is 20.8 Å². The van der Waals surface area contributed by atoms with E-state index in [-0.39, 0.29) is 36.2 Å². The van der Waals surface area contributed by atoms with Gasteiger partial charge < -0.3 is 9.53 Å². The Bertz CT molecular complexity index is 665. The lowest BCUT2D eigenvalue weighted by Gasteiger charge is -2.21. The Kier molecular flexibility index (Phi) is 6.80. The van der Waals surface area contributed by atoms with E-state index in [1.54, 1.807) is 12.1 Å². The van der Waals surface area contributed by atoms with Crippen molar-refractivity contribution in [3.63, 3.8) is 0 Å². The second-order valence-corrected chi connectivity index (χ2v) is 9.52. The van der Waals surface area contributed by atoms with Gasteiger partial charge in [0.25, 0.3) is 0 Å². The molecule has 0 unspecified atom stereocenters. The maximum absolute atomic E-state index is 12.8. The molecule has 0 spiro atoms. The van der Waals surface area contributed by atoms with Crippen molar-refractivity contribution in [3.8, 4) is 0 Å². The molecule has 0 N–H and O–H groups in total. The van der Waals surface area contributed by atoms with Crippen molar-refractivity contribution in [1.29, 1.82) is 0 Å². The van der Waals surface area contributed by atoms with Crippen LogP contribution in [0.5, 0.6) is 0 Å². The van der Waals surface area contributed by atoms with E-state index in [4.69, 9.17) is 4.74 Å². The first kappa shape index (κ1) is 20.1. The highest BCUT2D eigenvalue weighted by Crippen LogP contribution is 2.38. The molecule has 0 amide bonds. The van der Waals surface area contributed by atoms with Crippen LogP contribution in [0.25, 0.3) is 0 Å². The lowest BCUT2D eigenvalue weighted by Crippen LogP contribution is -2.28. The summed E-state index contributed by atoms with van der Waals surface area (Å²) in [6, 6.07) is 6.96. The number of hydrogen-bond acceptors (Lipinski definition) is 4. The molecule has 5 heteroatoms. The number of ether oxygens (including phenoxy) is 1. The predicted octanol–water partition coefficient (Wildman–Crippen LogP) is 3.81. The molecule has 1 aromatic carbocycles. The molecule has 140 valence electrons. The van der Waals surface area contributed by atoms with Gasteiger partial charge in [-0.1, -0.05) is 44.9 Å². The van der Waals surface area contributed by atoms with E-state index in [9.17, 15) is 13.2 Å². The summed E-state index contributed by atoms with van der Waals surface area (Å²) >= 11 is 0. The Balaban J connectivity index is 2.19. The van der Waals surface area contributed by atoms with Gasteiger partial charge in [0, 0.05) is 12.3 Å². The van der Waals surface area contributed by atoms with E-state index in [0.29, 0.717) is 10.8 Å². The average Bonchev–Trinajstić information content (AvgIpc) is 2.84. The predicted molar refractivity (Wildman–Crippen MR) is 99.3 cm³/mol. The molecule has 0 bridgehead atoms. The zero-order valence-corrected chi connectivity index (χ0v) is 16.5. The van der Waals surface area contributed by atoms with Gasteiger partial charge in [0.1, 0.15) is 6.29 Å². The average molecular weight is 367 g/mol. The van der Waals surface area contributed by atoms with Crippen LogP contribution >= 0.6 is 0 Å². The van der Waals surface area contributed by atoms with Crippen LogP contribution in [0.3, 0.4) is 0 Å². The number of hydrogen-bond donors (Lipinski definition) is 0. The fourth-order valence-corrected chi connectivity index (χ4v) is 5.34. The summed E-state index contributed by atoms with van der Waals surface area (Å²) in [5, 5.41) is 0. The minimum atomic E-state index is -3.40. The van der Waals surface area contributed by atoms with Gasteiger partial charge in [0.15, 0.2) is 9.84 Å². The largest absolute Gasteiger partial charge is 0.374 e. The van der Waals surface area contributed by atoms with E-state index < -0.39 is 9.84 Å². The Morgan fingerprint density at radius 2 is 1.84 bits per heavy atom. The lowest BCUT2D eigenvalue weighted by molar-refractivity contribution is -0.110. The molecule has 5 atom stereocenters. The fourth-order valence-electron chi connectivity index (χ4n) is 3.58. The van der Waals surface area contributed by atoms with Crippen LogP contribution in [0.4, 0.5) is 0 Å². The Labute approximate surface area is 151 Å². The normalized spacial score (nSPS) is 28.0. The van der Waals surface area contributed by atoms with Crippen LogP contribution in [0, 0.1) is 24.7 Å². The third-order valence-electron chi connectivity index (χ3n) is 5.54. The van der Waals surface area contributed by atoms with Crippen LogP contribution in [0.15, 0.2) is 29.2 Å². The molecule has 1 aromatic rings. The Hall–Kier alpha value is -1.20. The second kappa shape index (κ2) is 8.45. The van der Waals surface area contributed by atoms with Gasteiger partial charge in [-0.15, -0.1) is 0 Å². The van der Waals surface area contributed by atoms with Crippen molar-refractivity contribution in [2.24, 2.45) is 17.8 Å². The highest BCUT2D eigenvalue weighted by Gasteiger charge is 2.43. The maximum Gasteiger partial charge on any atom is 0.178 e. The van der Waals surface area contributed by atoms with Gasteiger partial charge in [-0.05, 0) is 37.3 Å². The summed E-state index contributed by atoms with van der Waals surface area (Å²) in [5.41, 5.74) is 1.03. The number of benzene rings is 1. The van der Waals surface area contributed by atoms with Gasteiger partial charge in [-0.25, -0.2) is 8.42 Å². The monoisotopic (exact) mass is 366 g/mol. The maximum atomic E-state index is 12.8. The highest BCUT2D eigenvalue weighted by atomic mass is 32.2. The van der Waals surface area contributed by atoms with Gasteiger partial charge in [0.2, 0.25) is 0 Å². The van der Waals surface area contributed by atoms with Crippen molar-refractivity contribution < 1.29 is 17.9 Å². The molecule has 1 aliphatic heterocycles. The molecule has 1 heterocycles. The van der Waals surface area contributed by atoms with Gasteiger partial charge in [-0.3, -0.25) is 0 Å². The third-order valence-corrected chi connectivity index (χ3v) is 7.36. The standard InChI is InChI=1S/C20H30O4S/c1-5-14(2)12-20-16(4)18(19(24-20)10-11-21)13-25(22,23)17-8-6-15(3)7-9-17/h6-9,11,14,16,18-20H,5,10,12-13H2,1-4H3/t14-,16-,18-,19+,20-/m1/s1. The highest BCUT2D eigenvalue weighted by molar-refractivity contribution is 7.91. The Morgan fingerprint density at radius 3 is 2.40 bits per heavy atom. The summed E-state index contributed by atoms with van der Waals surface area (Å²) in [7, 11) is -3.40. The number of aryl methyl sites for hydroxylation is 1. The van der Waals surface area contributed by atoms with Gasteiger partial charge >= 0.3 is 0 Å². The SMILES string of the molecule is CC[C@@H](C)C[C@H]1O[C@@H](CC=O)[C@H](CS(=O)(=O)c2ccc(C)cc2)[C@H]1C.